The van der Waals surface area contributed by atoms with Gasteiger partial charge in [-0.1, -0.05) is 16.4 Å². The highest BCUT2D eigenvalue weighted by Crippen LogP contribution is 2.27. The van der Waals surface area contributed by atoms with Crippen molar-refractivity contribution in [2.75, 3.05) is 28.6 Å². The third-order valence-electron chi connectivity index (χ3n) is 5.99. The zero-order valence-corrected chi connectivity index (χ0v) is 19.1. The number of urea groups is 1. The Morgan fingerprint density at radius 3 is 2.56 bits per heavy atom. The van der Waals surface area contributed by atoms with E-state index in [4.69, 9.17) is 18.2 Å². The molecule has 2 atom stereocenters. The summed E-state index contributed by atoms with van der Waals surface area (Å²) in [7, 11) is 0. The van der Waals surface area contributed by atoms with Crippen molar-refractivity contribution in [3.8, 4) is 6.57 Å². The van der Waals surface area contributed by atoms with Gasteiger partial charge in [0.1, 0.15) is 18.4 Å². The highest BCUT2D eigenvalue weighted by molar-refractivity contribution is 6.30. The van der Waals surface area contributed by atoms with E-state index >= 15 is 0 Å². The van der Waals surface area contributed by atoms with Crippen molar-refractivity contribution in [1.29, 1.82) is 0 Å². The summed E-state index contributed by atoms with van der Waals surface area (Å²) in [5.74, 6) is -1.27. The zero-order valence-electron chi connectivity index (χ0n) is 18.3. The first-order valence-corrected chi connectivity index (χ1v) is 11.4. The number of hydrogen-bond acceptors (Lipinski definition) is 3. The SMILES string of the molecule is C#[N+][C@@H]1C[C@H](C(=O)Nc2ccc(N3CCCCC3=O)cc2F)N(C(=O)Nc2ccc(Cl)cc2)C1. The Kier molecular flexibility index (Phi) is 6.98. The molecule has 0 unspecified atom stereocenters. The van der Waals surface area contributed by atoms with Crippen LogP contribution in [0, 0.1) is 12.4 Å². The molecule has 0 saturated carbocycles. The Morgan fingerprint density at radius 2 is 1.88 bits per heavy atom. The molecule has 2 N–H and O–H groups in total. The number of rotatable bonds is 4. The van der Waals surface area contributed by atoms with E-state index < -0.39 is 29.8 Å². The van der Waals surface area contributed by atoms with Gasteiger partial charge in [0.2, 0.25) is 11.8 Å². The molecule has 0 spiro atoms. The van der Waals surface area contributed by atoms with Crippen molar-refractivity contribution < 1.29 is 18.8 Å². The first-order valence-electron chi connectivity index (χ1n) is 11.0. The number of benzene rings is 2. The van der Waals surface area contributed by atoms with Gasteiger partial charge in [-0.15, -0.1) is 0 Å². The first-order chi connectivity index (χ1) is 16.4. The number of carbonyl (C=O) groups is 3. The Bertz CT molecular complexity index is 1150. The molecule has 2 saturated heterocycles. The van der Waals surface area contributed by atoms with Crippen molar-refractivity contribution in [1.82, 2.24) is 4.90 Å². The number of likely N-dealkylation sites (tertiary alicyclic amines) is 1. The number of carbonyl (C=O) groups excluding carboxylic acids is 3. The predicted octanol–water partition coefficient (Wildman–Crippen LogP) is 4.57. The van der Waals surface area contributed by atoms with Crippen LogP contribution in [0.15, 0.2) is 42.5 Å². The van der Waals surface area contributed by atoms with Crippen LogP contribution < -0.4 is 15.5 Å². The molecule has 2 fully saturated rings. The van der Waals surface area contributed by atoms with Gasteiger partial charge in [0.15, 0.2) is 0 Å². The predicted molar refractivity (Wildman–Crippen MR) is 129 cm³/mol. The third-order valence-corrected chi connectivity index (χ3v) is 6.25. The summed E-state index contributed by atoms with van der Waals surface area (Å²) in [4.78, 5) is 44.6. The van der Waals surface area contributed by atoms with Crippen LogP contribution in [0.4, 0.5) is 26.2 Å². The lowest BCUT2D eigenvalue weighted by Crippen LogP contribution is -2.45. The Morgan fingerprint density at radius 1 is 1.12 bits per heavy atom. The molecule has 0 radical (unpaired) electrons. The maximum absolute atomic E-state index is 14.8. The van der Waals surface area contributed by atoms with E-state index in [9.17, 15) is 18.8 Å². The average molecular weight is 485 g/mol. The van der Waals surface area contributed by atoms with E-state index in [0.29, 0.717) is 29.4 Å². The highest BCUT2D eigenvalue weighted by Gasteiger charge is 2.44. The fourth-order valence-electron chi connectivity index (χ4n) is 4.19. The van der Waals surface area contributed by atoms with Gasteiger partial charge in [-0.3, -0.25) is 9.59 Å². The molecular formula is C24H24ClFN5O3+. The van der Waals surface area contributed by atoms with Gasteiger partial charge in [0, 0.05) is 29.4 Å². The monoisotopic (exact) mass is 484 g/mol. The van der Waals surface area contributed by atoms with Crippen molar-refractivity contribution in [2.45, 2.75) is 37.8 Å². The molecule has 0 aromatic heterocycles. The summed E-state index contributed by atoms with van der Waals surface area (Å²) in [5.41, 5.74) is 0.923. The van der Waals surface area contributed by atoms with Crippen molar-refractivity contribution in [2.24, 2.45) is 0 Å². The summed E-state index contributed by atoms with van der Waals surface area (Å²) in [5, 5.41) is 5.80. The molecule has 0 aliphatic carbocycles. The lowest BCUT2D eigenvalue weighted by molar-refractivity contribution is -0.120. The van der Waals surface area contributed by atoms with Crippen LogP contribution in [0.25, 0.3) is 4.85 Å². The largest absolute Gasteiger partial charge is 0.322 e. The van der Waals surface area contributed by atoms with Crippen LogP contribution >= 0.6 is 11.6 Å². The molecule has 2 aliphatic heterocycles. The molecule has 8 nitrogen and oxygen atoms in total. The van der Waals surface area contributed by atoms with Gasteiger partial charge < -0.3 is 20.4 Å². The number of amides is 4. The van der Waals surface area contributed by atoms with E-state index in [-0.39, 0.29) is 24.6 Å². The lowest BCUT2D eigenvalue weighted by Gasteiger charge is -2.27. The van der Waals surface area contributed by atoms with Crippen LogP contribution in [0.1, 0.15) is 25.7 Å². The van der Waals surface area contributed by atoms with E-state index in [1.807, 2.05) is 0 Å². The Labute approximate surface area is 201 Å². The lowest BCUT2D eigenvalue weighted by atomic mass is 10.1. The van der Waals surface area contributed by atoms with Crippen molar-refractivity contribution in [3.05, 3.63) is 58.1 Å². The molecule has 2 aromatic rings. The highest BCUT2D eigenvalue weighted by atomic mass is 35.5. The minimum atomic E-state index is -0.896. The molecule has 176 valence electrons. The second-order valence-corrected chi connectivity index (χ2v) is 8.74. The second kappa shape index (κ2) is 10.1. The number of piperidine rings is 1. The average Bonchev–Trinajstić information content (AvgIpc) is 3.27. The maximum Gasteiger partial charge on any atom is 0.322 e. The summed E-state index contributed by atoms with van der Waals surface area (Å²) >= 11 is 5.88. The molecule has 2 heterocycles. The number of hydrogen-bond donors (Lipinski definition) is 2. The molecule has 4 rings (SSSR count). The van der Waals surface area contributed by atoms with Crippen molar-refractivity contribution in [3.63, 3.8) is 0 Å². The number of nitrogens with one attached hydrogen (secondary N) is 2. The topological polar surface area (TPSA) is 86.1 Å². The minimum Gasteiger partial charge on any atom is -0.322 e. The molecule has 2 aromatic carbocycles. The fourth-order valence-corrected chi connectivity index (χ4v) is 4.32. The minimum absolute atomic E-state index is 0.0376. The van der Waals surface area contributed by atoms with E-state index in [0.717, 1.165) is 12.8 Å². The number of nitrogens with zero attached hydrogens (tertiary/aromatic N) is 3. The van der Waals surface area contributed by atoms with Crippen LogP contribution in [0.5, 0.6) is 0 Å². The Balaban J connectivity index is 1.47. The van der Waals surface area contributed by atoms with E-state index in [1.54, 1.807) is 35.2 Å². The van der Waals surface area contributed by atoms with Crippen LogP contribution in [-0.2, 0) is 9.59 Å². The molecule has 0 bridgehead atoms. The summed E-state index contributed by atoms with van der Waals surface area (Å²) < 4.78 is 14.8. The fraction of sp³-hybridized carbons (Fsp3) is 0.333. The van der Waals surface area contributed by atoms with Gasteiger partial charge in [-0.2, -0.15) is 0 Å². The van der Waals surface area contributed by atoms with E-state index in [1.165, 1.54) is 17.0 Å². The quantitative estimate of drug-likeness (QED) is 0.666. The molecule has 2 aliphatic rings. The van der Waals surface area contributed by atoms with Crippen LogP contribution in [0.2, 0.25) is 5.02 Å². The normalized spacial score (nSPS) is 20.1. The van der Waals surface area contributed by atoms with E-state index in [2.05, 4.69) is 15.5 Å². The maximum atomic E-state index is 14.8. The summed E-state index contributed by atoms with van der Waals surface area (Å²) in [6.45, 7) is 6.11. The number of halogens is 2. The first kappa shape index (κ1) is 23.5. The van der Waals surface area contributed by atoms with Gasteiger partial charge >= 0.3 is 6.03 Å². The third kappa shape index (κ3) is 5.13. The van der Waals surface area contributed by atoms with Gasteiger partial charge in [-0.05, 0) is 55.3 Å². The van der Waals surface area contributed by atoms with Gasteiger partial charge in [-0.25, -0.2) is 9.18 Å². The smallest absolute Gasteiger partial charge is 0.322 e. The molecule has 10 heteroatoms. The van der Waals surface area contributed by atoms with Crippen molar-refractivity contribution >= 4 is 46.5 Å². The Hall–Kier alpha value is -3.64. The standard InChI is InChI=1S/C24H23ClFN5O3/c1-27-17-12-21(31(14-17)24(34)28-16-7-5-15(25)6-8-16)23(33)29-20-10-9-18(13-19(20)26)30-11-3-2-4-22(30)32/h1,5-10,13,17,21H,2-4,11-12,14H2,(H-,28,29,33,34)/p+1/t17-,21-/m1/s1. The zero-order chi connectivity index (χ0) is 24.2. The van der Waals surface area contributed by atoms with Gasteiger partial charge in [0.05, 0.1) is 12.1 Å². The van der Waals surface area contributed by atoms with Crippen LogP contribution in [-0.4, -0.2) is 47.9 Å². The summed E-state index contributed by atoms with van der Waals surface area (Å²) in [6.07, 6.45) is 2.32. The van der Waals surface area contributed by atoms with Crippen LogP contribution in [0.3, 0.4) is 0 Å². The van der Waals surface area contributed by atoms with Gasteiger partial charge in [0.25, 0.3) is 12.6 Å². The number of anilines is 3. The molecule has 4 amide bonds. The molecule has 34 heavy (non-hydrogen) atoms. The molecular weight excluding hydrogens is 461 g/mol. The second-order valence-electron chi connectivity index (χ2n) is 8.30. The summed E-state index contributed by atoms with van der Waals surface area (Å²) in [6, 6.07) is 8.96.